The number of phenols is 1. The molecule has 0 spiro atoms. The molecule has 3 rings (SSSR count). The molecule has 24 heavy (non-hydrogen) atoms. The summed E-state index contributed by atoms with van der Waals surface area (Å²) in [6.45, 7) is 2.08. The minimum Gasteiger partial charge on any atom is -0.508 e. The number of benzene rings is 2. The molecule has 5 nitrogen and oxygen atoms in total. The van der Waals surface area contributed by atoms with Crippen molar-refractivity contribution in [3.63, 3.8) is 0 Å². The molecule has 1 amide bonds. The van der Waals surface area contributed by atoms with Gasteiger partial charge in [-0.1, -0.05) is 18.2 Å². The molecule has 2 N–H and O–H groups in total. The summed E-state index contributed by atoms with van der Waals surface area (Å²) in [6, 6.07) is 11.8. The largest absolute Gasteiger partial charge is 0.508 e. The Bertz CT molecular complexity index is 874. The maximum Gasteiger partial charge on any atom is 0.255 e. The third kappa shape index (κ3) is 3.25. The van der Waals surface area contributed by atoms with Gasteiger partial charge in [0, 0.05) is 7.05 Å². The van der Waals surface area contributed by atoms with Crippen LogP contribution in [0.1, 0.15) is 27.0 Å². The molecule has 1 unspecified atom stereocenters. The van der Waals surface area contributed by atoms with E-state index in [-0.39, 0.29) is 18.2 Å². The number of aryl methyl sites for hydroxylation is 1. The van der Waals surface area contributed by atoms with Crippen molar-refractivity contribution in [2.75, 3.05) is 13.6 Å². The third-order valence-electron chi connectivity index (χ3n) is 3.82. The van der Waals surface area contributed by atoms with Gasteiger partial charge in [0.1, 0.15) is 5.75 Å². The van der Waals surface area contributed by atoms with Crippen molar-refractivity contribution in [1.82, 2.24) is 9.88 Å². The zero-order valence-corrected chi connectivity index (χ0v) is 14.2. The lowest BCUT2D eigenvalue weighted by molar-refractivity contribution is 0.0683. The number of aromatic nitrogens is 1. The van der Waals surface area contributed by atoms with E-state index in [1.54, 1.807) is 25.2 Å². The molecule has 0 bridgehead atoms. The van der Waals surface area contributed by atoms with Gasteiger partial charge in [0.05, 0.1) is 33.4 Å². The first-order chi connectivity index (χ1) is 11.5. The standard InChI is InChI=1S/C18H18N2O3S/c1-11-19-15-5-3-4-14(17(15)24-11)18(23)20(2)10-16(22)12-6-8-13(21)9-7-12/h3-9,16,21-22H,10H2,1-2H3. The van der Waals surface area contributed by atoms with Crippen LogP contribution in [0.15, 0.2) is 42.5 Å². The Morgan fingerprint density at radius 2 is 1.96 bits per heavy atom. The van der Waals surface area contributed by atoms with Gasteiger partial charge in [-0.05, 0) is 36.8 Å². The molecule has 1 heterocycles. The highest BCUT2D eigenvalue weighted by atomic mass is 32.1. The fraction of sp³-hybridized carbons (Fsp3) is 0.222. The molecular formula is C18H18N2O3S. The van der Waals surface area contributed by atoms with Crippen LogP contribution in [-0.4, -0.2) is 39.6 Å². The molecule has 1 atom stereocenters. The van der Waals surface area contributed by atoms with Crippen LogP contribution in [0.2, 0.25) is 0 Å². The number of carbonyl (C=O) groups excluding carboxylic acids is 1. The zero-order chi connectivity index (χ0) is 17.3. The first kappa shape index (κ1) is 16.4. The zero-order valence-electron chi connectivity index (χ0n) is 13.4. The summed E-state index contributed by atoms with van der Waals surface area (Å²) in [5.74, 6) is -0.00953. The van der Waals surface area contributed by atoms with Crippen LogP contribution in [0.4, 0.5) is 0 Å². The van der Waals surface area contributed by atoms with Crippen molar-refractivity contribution in [1.29, 1.82) is 0 Å². The predicted molar refractivity (Wildman–Crippen MR) is 94.4 cm³/mol. The topological polar surface area (TPSA) is 73.7 Å². The van der Waals surface area contributed by atoms with Gasteiger partial charge < -0.3 is 15.1 Å². The Balaban J connectivity index is 1.80. The second kappa shape index (κ2) is 6.59. The SMILES string of the molecule is Cc1nc2cccc(C(=O)N(C)CC(O)c3ccc(O)cc3)c2s1. The number of hydrogen-bond donors (Lipinski definition) is 2. The minimum atomic E-state index is -0.818. The van der Waals surface area contributed by atoms with E-state index in [1.807, 2.05) is 19.1 Å². The molecule has 0 fully saturated rings. The normalized spacial score (nSPS) is 12.3. The second-order valence-electron chi connectivity index (χ2n) is 5.68. The van der Waals surface area contributed by atoms with E-state index in [1.165, 1.54) is 28.4 Å². The number of aromatic hydroxyl groups is 1. The number of thiazole rings is 1. The van der Waals surface area contributed by atoms with Crippen LogP contribution in [0.5, 0.6) is 5.75 Å². The number of likely N-dealkylation sites (N-methyl/N-ethyl adjacent to an activating group) is 1. The van der Waals surface area contributed by atoms with Crippen molar-refractivity contribution < 1.29 is 15.0 Å². The highest BCUT2D eigenvalue weighted by molar-refractivity contribution is 7.18. The molecule has 124 valence electrons. The lowest BCUT2D eigenvalue weighted by atomic mass is 10.1. The summed E-state index contributed by atoms with van der Waals surface area (Å²) in [5, 5.41) is 20.5. The smallest absolute Gasteiger partial charge is 0.255 e. The molecular weight excluding hydrogens is 324 g/mol. The van der Waals surface area contributed by atoms with Gasteiger partial charge in [0.25, 0.3) is 5.91 Å². The van der Waals surface area contributed by atoms with E-state index < -0.39 is 6.10 Å². The van der Waals surface area contributed by atoms with Crippen molar-refractivity contribution in [2.45, 2.75) is 13.0 Å². The summed E-state index contributed by atoms with van der Waals surface area (Å²) in [5.41, 5.74) is 2.06. The summed E-state index contributed by atoms with van der Waals surface area (Å²) < 4.78 is 0.867. The number of fused-ring (bicyclic) bond motifs is 1. The Morgan fingerprint density at radius 1 is 1.25 bits per heavy atom. The van der Waals surface area contributed by atoms with Gasteiger partial charge in [-0.15, -0.1) is 11.3 Å². The molecule has 0 radical (unpaired) electrons. The quantitative estimate of drug-likeness (QED) is 0.764. The first-order valence-electron chi connectivity index (χ1n) is 7.54. The van der Waals surface area contributed by atoms with Crippen molar-refractivity contribution in [2.24, 2.45) is 0 Å². The number of amides is 1. The molecule has 0 saturated carbocycles. The molecule has 0 aliphatic rings. The van der Waals surface area contributed by atoms with Crippen LogP contribution >= 0.6 is 11.3 Å². The first-order valence-corrected chi connectivity index (χ1v) is 8.36. The fourth-order valence-corrected chi connectivity index (χ4v) is 3.50. The number of aliphatic hydroxyl groups excluding tert-OH is 1. The number of aliphatic hydroxyl groups is 1. The van der Waals surface area contributed by atoms with Gasteiger partial charge in [0.15, 0.2) is 0 Å². The molecule has 1 aromatic heterocycles. The summed E-state index contributed by atoms with van der Waals surface area (Å²) in [6.07, 6.45) is -0.818. The van der Waals surface area contributed by atoms with Crippen molar-refractivity contribution in [3.05, 3.63) is 58.6 Å². The summed E-state index contributed by atoms with van der Waals surface area (Å²) in [4.78, 5) is 18.7. The summed E-state index contributed by atoms with van der Waals surface area (Å²) in [7, 11) is 1.67. The van der Waals surface area contributed by atoms with Gasteiger partial charge in [-0.3, -0.25) is 4.79 Å². The Morgan fingerprint density at radius 3 is 2.67 bits per heavy atom. The van der Waals surface area contributed by atoms with Crippen LogP contribution < -0.4 is 0 Å². The monoisotopic (exact) mass is 342 g/mol. The van der Waals surface area contributed by atoms with Crippen LogP contribution in [0.3, 0.4) is 0 Å². The second-order valence-corrected chi connectivity index (χ2v) is 6.88. The maximum absolute atomic E-state index is 12.7. The van der Waals surface area contributed by atoms with Crippen LogP contribution in [0.25, 0.3) is 10.2 Å². The minimum absolute atomic E-state index is 0.141. The van der Waals surface area contributed by atoms with Crippen molar-refractivity contribution in [3.8, 4) is 5.75 Å². The summed E-state index contributed by atoms with van der Waals surface area (Å²) >= 11 is 1.49. The number of carbonyl (C=O) groups is 1. The lowest BCUT2D eigenvalue weighted by Crippen LogP contribution is -2.31. The predicted octanol–water partition coefficient (Wildman–Crippen LogP) is 3.12. The Hall–Kier alpha value is -2.44. The van der Waals surface area contributed by atoms with Gasteiger partial charge in [-0.2, -0.15) is 0 Å². The Labute approximate surface area is 143 Å². The van der Waals surface area contributed by atoms with E-state index in [2.05, 4.69) is 4.98 Å². The number of rotatable bonds is 4. The molecule has 2 aromatic carbocycles. The molecule has 0 aliphatic heterocycles. The van der Waals surface area contributed by atoms with E-state index >= 15 is 0 Å². The molecule has 6 heteroatoms. The van der Waals surface area contributed by atoms with Crippen LogP contribution in [-0.2, 0) is 0 Å². The van der Waals surface area contributed by atoms with Crippen molar-refractivity contribution >= 4 is 27.5 Å². The number of nitrogens with zero attached hydrogens (tertiary/aromatic N) is 2. The number of phenolic OH excluding ortho intramolecular Hbond substituents is 1. The third-order valence-corrected chi connectivity index (χ3v) is 4.84. The fourth-order valence-electron chi connectivity index (χ4n) is 2.58. The highest BCUT2D eigenvalue weighted by Gasteiger charge is 2.19. The lowest BCUT2D eigenvalue weighted by Gasteiger charge is -2.21. The Kier molecular flexibility index (Phi) is 4.51. The molecule has 0 aliphatic carbocycles. The molecule has 3 aromatic rings. The average molecular weight is 342 g/mol. The van der Waals surface area contributed by atoms with Gasteiger partial charge >= 0.3 is 0 Å². The van der Waals surface area contributed by atoms with E-state index in [0.717, 1.165) is 15.2 Å². The average Bonchev–Trinajstić information content (AvgIpc) is 2.94. The van der Waals surface area contributed by atoms with E-state index in [9.17, 15) is 15.0 Å². The number of hydrogen-bond acceptors (Lipinski definition) is 5. The highest BCUT2D eigenvalue weighted by Crippen LogP contribution is 2.26. The van der Waals surface area contributed by atoms with Gasteiger partial charge in [0.2, 0.25) is 0 Å². The maximum atomic E-state index is 12.7. The van der Waals surface area contributed by atoms with Crippen LogP contribution in [0, 0.1) is 6.92 Å². The van der Waals surface area contributed by atoms with Gasteiger partial charge in [-0.25, -0.2) is 4.98 Å². The molecule has 0 saturated heterocycles. The van der Waals surface area contributed by atoms with E-state index in [4.69, 9.17) is 0 Å². The van der Waals surface area contributed by atoms with E-state index in [0.29, 0.717) is 11.1 Å².